The zero-order chi connectivity index (χ0) is 21.7. The van der Waals surface area contributed by atoms with Crippen molar-refractivity contribution in [1.29, 1.82) is 0 Å². The van der Waals surface area contributed by atoms with Crippen LogP contribution in [-0.4, -0.2) is 39.4 Å². The molecular weight excluding hydrogens is 398 g/mol. The van der Waals surface area contributed by atoms with Crippen molar-refractivity contribution in [3.63, 3.8) is 0 Å². The molecule has 3 N–H and O–H groups in total. The zero-order valence-electron chi connectivity index (χ0n) is 17.4. The van der Waals surface area contributed by atoms with Crippen LogP contribution in [0.1, 0.15) is 25.0 Å². The Morgan fingerprint density at radius 3 is 2.63 bits per heavy atom. The van der Waals surface area contributed by atoms with E-state index in [9.17, 15) is 9.90 Å². The van der Waals surface area contributed by atoms with Crippen molar-refractivity contribution in [2.45, 2.75) is 33.4 Å². The van der Waals surface area contributed by atoms with E-state index in [2.05, 4.69) is 10.3 Å². The van der Waals surface area contributed by atoms with Gasteiger partial charge < -0.3 is 25.0 Å². The number of aromatic nitrogens is 1. The van der Waals surface area contributed by atoms with Crippen molar-refractivity contribution in [2.75, 3.05) is 18.5 Å². The van der Waals surface area contributed by atoms with Gasteiger partial charge in [0, 0.05) is 28.7 Å². The van der Waals surface area contributed by atoms with E-state index in [1.54, 1.807) is 11.8 Å². The second-order valence-electron chi connectivity index (χ2n) is 7.33. The number of nitrogens with one attached hydrogen (secondary N) is 2. The topological polar surface area (TPSA) is 77.6 Å². The number of benzene rings is 2. The molecule has 0 radical (unpaired) electrons. The highest BCUT2D eigenvalue weighted by molar-refractivity contribution is 7.80. The lowest BCUT2D eigenvalue weighted by Crippen LogP contribution is -2.40. The van der Waals surface area contributed by atoms with Crippen LogP contribution < -0.4 is 15.6 Å². The minimum atomic E-state index is -0.605. The fourth-order valence-corrected chi connectivity index (χ4v) is 3.44. The third-order valence-electron chi connectivity index (χ3n) is 4.64. The van der Waals surface area contributed by atoms with Gasteiger partial charge in [-0.2, -0.15) is 0 Å². The van der Waals surface area contributed by atoms with Crippen molar-refractivity contribution in [3.8, 4) is 5.75 Å². The Morgan fingerprint density at radius 1 is 1.23 bits per heavy atom. The number of aliphatic hydroxyl groups is 1. The fourth-order valence-electron chi connectivity index (χ4n) is 3.19. The molecule has 0 aliphatic heterocycles. The monoisotopic (exact) mass is 425 g/mol. The minimum Gasteiger partial charge on any atom is -0.494 e. The second-order valence-corrected chi connectivity index (χ2v) is 7.72. The Kier molecular flexibility index (Phi) is 7.07. The Balaban J connectivity index is 1.86. The van der Waals surface area contributed by atoms with E-state index >= 15 is 0 Å². The van der Waals surface area contributed by atoms with Crippen molar-refractivity contribution >= 4 is 33.9 Å². The average molecular weight is 426 g/mol. The molecule has 0 aliphatic rings. The van der Waals surface area contributed by atoms with E-state index < -0.39 is 6.10 Å². The summed E-state index contributed by atoms with van der Waals surface area (Å²) in [7, 11) is 0. The first kappa shape index (κ1) is 21.8. The summed E-state index contributed by atoms with van der Waals surface area (Å²) in [5, 5.41) is 14.5. The summed E-state index contributed by atoms with van der Waals surface area (Å²) in [5.41, 5.74) is 3.14. The van der Waals surface area contributed by atoms with Crippen LogP contribution in [0.3, 0.4) is 0 Å². The number of hydrogen-bond acceptors (Lipinski definition) is 4. The molecule has 6 nitrogen and oxygen atoms in total. The zero-order valence-corrected chi connectivity index (χ0v) is 18.3. The molecule has 1 heterocycles. The van der Waals surface area contributed by atoms with Crippen LogP contribution >= 0.6 is 12.2 Å². The van der Waals surface area contributed by atoms with Crippen LogP contribution in [0.2, 0.25) is 0 Å². The van der Waals surface area contributed by atoms with Gasteiger partial charge in [-0.25, -0.2) is 0 Å². The third-order valence-corrected chi connectivity index (χ3v) is 5.00. The number of fused-ring (bicyclic) bond motifs is 1. The summed E-state index contributed by atoms with van der Waals surface area (Å²) in [6.45, 7) is 6.79. The lowest BCUT2D eigenvalue weighted by Gasteiger charge is -2.27. The number of hydrogen-bond donors (Lipinski definition) is 3. The quantitative estimate of drug-likeness (QED) is 0.500. The molecule has 1 atom stereocenters. The van der Waals surface area contributed by atoms with E-state index in [4.69, 9.17) is 17.0 Å². The number of pyridine rings is 1. The number of aromatic amines is 1. The van der Waals surface area contributed by atoms with E-state index in [0.717, 1.165) is 27.9 Å². The van der Waals surface area contributed by atoms with Crippen molar-refractivity contribution in [1.82, 2.24) is 9.88 Å². The molecule has 0 unspecified atom stereocenters. The largest absolute Gasteiger partial charge is 0.494 e. The number of thiocarbonyl (C=S) groups is 1. The average Bonchev–Trinajstić information content (AvgIpc) is 2.70. The first-order chi connectivity index (χ1) is 14.4. The van der Waals surface area contributed by atoms with Crippen LogP contribution in [0.25, 0.3) is 10.9 Å². The molecular formula is C23H27N3O3S. The molecule has 3 rings (SSSR count). The molecule has 0 bridgehead atoms. The number of ether oxygens (including phenoxy) is 1. The summed E-state index contributed by atoms with van der Waals surface area (Å²) in [5.74, 6) is 0.750. The molecule has 0 aliphatic carbocycles. The Morgan fingerprint density at radius 2 is 1.97 bits per heavy atom. The van der Waals surface area contributed by atoms with Gasteiger partial charge in [-0.3, -0.25) is 4.79 Å². The van der Waals surface area contributed by atoms with Crippen molar-refractivity contribution in [3.05, 3.63) is 70.0 Å². The number of H-pyrrole nitrogens is 1. The lowest BCUT2D eigenvalue weighted by atomic mass is 10.1. The van der Waals surface area contributed by atoms with Gasteiger partial charge in [-0.1, -0.05) is 17.7 Å². The van der Waals surface area contributed by atoms with Gasteiger partial charge in [0.25, 0.3) is 5.56 Å². The molecule has 3 aromatic rings. The summed E-state index contributed by atoms with van der Waals surface area (Å²) in [6, 6.07) is 15.3. The van der Waals surface area contributed by atoms with Crippen LogP contribution in [0, 0.1) is 6.92 Å². The van der Waals surface area contributed by atoms with Crippen molar-refractivity contribution in [2.24, 2.45) is 0 Å². The standard InChI is InChI=1S/C23H27N3O3S/c1-4-29-20-9-10-21-17(12-20)11-18(22(28)25-21)14-26(13-16(3)27)23(30)24-19-7-5-15(2)6-8-19/h5-12,16,27H,4,13-14H2,1-3H3,(H,24,30)(H,25,28)/t16-/m1/s1. The molecule has 0 amide bonds. The maximum Gasteiger partial charge on any atom is 0.253 e. The highest BCUT2D eigenvalue weighted by atomic mass is 32.1. The number of nitrogens with zero attached hydrogens (tertiary/aromatic N) is 1. The van der Waals surface area contributed by atoms with Gasteiger partial charge in [0.1, 0.15) is 5.75 Å². The number of anilines is 1. The molecule has 7 heteroatoms. The fraction of sp³-hybridized carbons (Fsp3) is 0.304. The van der Waals surface area contributed by atoms with Crippen molar-refractivity contribution < 1.29 is 9.84 Å². The van der Waals surface area contributed by atoms with Crippen LogP contribution in [-0.2, 0) is 6.54 Å². The maximum absolute atomic E-state index is 12.6. The van der Waals surface area contributed by atoms with Gasteiger partial charge >= 0.3 is 0 Å². The van der Waals surface area contributed by atoms with E-state index in [0.29, 0.717) is 23.8 Å². The van der Waals surface area contributed by atoms with E-state index in [1.807, 2.05) is 62.4 Å². The highest BCUT2D eigenvalue weighted by Gasteiger charge is 2.16. The summed E-state index contributed by atoms with van der Waals surface area (Å²) in [4.78, 5) is 17.4. The smallest absolute Gasteiger partial charge is 0.253 e. The first-order valence-electron chi connectivity index (χ1n) is 9.95. The summed E-state index contributed by atoms with van der Waals surface area (Å²) < 4.78 is 5.56. The third kappa shape index (κ3) is 5.58. The van der Waals surface area contributed by atoms with E-state index in [-0.39, 0.29) is 12.1 Å². The molecule has 158 valence electrons. The molecule has 2 aromatic carbocycles. The molecule has 30 heavy (non-hydrogen) atoms. The predicted molar refractivity (Wildman–Crippen MR) is 125 cm³/mol. The Hall–Kier alpha value is -2.90. The predicted octanol–water partition coefficient (Wildman–Crippen LogP) is 3.82. The SMILES string of the molecule is CCOc1ccc2[nH]c(=O)c(CN(C[C@@H](C)O)C(=S)Nc3ccc(C)cc3)cc2c1. The van der Waals surface area contributed by atoms with Crippen LogP contribution in [0.15, 0.2) is 53.3 Å². The molecule has 0 spiro atoms. The normalized spacial score (nSPS) is 11.9. The molecule has 1 aromatic heterocycles. The van der Waals surface area contributed by atoms with Gasteiger partial charge in [-0.15, -0.1) is 0 Å². The number of rotatable bonds is 7. The van der Waals surface area contributed by atoms with Crippen LogP contribution in [0.4, 0.5) is 5.69 Å². The number of aliphatic hydroxyl groups excluding tert-OH is 1. The highest BCUT2D eigenvalue weighted by Crippen LogP contribution is 2.20. The van der Waals surface area contributed by atoms with Gasteiger partial charge in [0.2, 0.25) is 0 Å². The number of aryl methyl sites for hydroxylation is 1. The van der Waals surface area contributed by atoms with Gasteiger partial charge in [0.05, 0.1) is 19.3 Å². The first-order valence-corrected chi connectivity index (χ1v) is 10.4. The minimum absolute atomic E-state index is 0.180. The molecule has 0 saturated carbocycles. The second kappa shape index (κ2) is 9.73. The Labute approximate surface area is 181 Å². The van der Waals surface area contributed by atoms with E-state index in [1.165, 1.54) is 0 Å². The Bertz CT molecular complexity index is 1080. The van der Waals surface area contributed by atoms with Gasteiger partial charge in [0.15, 0.2) is 5.11 Å². The summed E-state index contributed by atoms with van der Waals surface area (Å²) in [6.07, 6.45) is -0.605. The maximum atomic E-state index is 12.6. The van der Waals surface area contributed by atoms with Crippen LogP contribution in [0.5, 0.6) is 5.75 Å². The van der Waals surface area contributed by atoms with Gasteiger partial charge in [-0.05, 0) is 69.4 Å². The lowest BCUT2D eigenvalue weighted by molar-refractivity contribution is 0.158. The summed E-state index contributed by atoms with van der Waals surface area (Å²) >= 11 is 5.57. The molecule has 0 fully saturated rings. The molecule has 0 saturated heterocycles.